The number of methoxy groups -OCH3 is 1. The average molecular weight is 498 g/mol. The van der Waals surface area contributed by atoms with Crippen LogP contribution in [-0.2, 0) is 14.3 Å². The average Bonchev–Trinajstić information content (AvgIpc) is 3.52. The van der Waals surface area contributed by atoms with Crippen LogP contribution in [0.3, 0.4) is 0 Å². The molecule has 0 saturated heterocycles. The van der Waals surface area contributed by atoms with E-state index >= 15 is 0 Å². The van der Waals surface area contributed by atoms with E-state index in [1.165, 1.54) is 17.6 Å². The van der Waals surface area contributed by atoms with Crippen LogP contribution in [0.2, 0.25) is 0 Å². The van der Waals surface area contributed by atoms with Crippen molar-refractivity contribution in [3.05, 3.63) is 70.1 Å². The van der Waals surface area contributed by atoms with Crippen molar-refractivity contribution in [1.29, 1.82) is 0 Å². The number of nitrogens with zero attached hydrogens (tertiary/aromatic N) is 1. The second-order valence-electron chi connectivity index (χ2n) is 7.39. The standard InChI is InChI=1S/C24H23N3O7S/c1-4-32-22(28)18-16(25-24(30)27-20(18)14-7-9-15(31-3)10-8-14)12-34-23(29)19-13(2)35-21(26-19)17-6-5-11-33-17/h5-11,20H,4,12H2,1-3H3,(H2,25,27,30). The van der Waals surface area contributed by atoms with Gasteiger partial charge in [-0.05, 0) is 43.7 Å². The van der Waals surface area contributed by atoms with Crippen LogP contribution in [0, 0.1) is 6.92 Å². The van der Waals surface area contributed by atoms with Crippen molar-refractivity contribution in [2.24, 2.45) is 0 Å². The summed E-state index contributed by atoms with van der Waals surface area (Å²) in [7, 11) is 1.54. The fourth-order valence-electron chi connectivity index (χ4n) is 3.53. The van der Waals surface area contributed by atoms with Crippen molar-refractivity contribution >= 4 is 29.3 Å². The Balaban J connectivity index is 1.61. The van der Waals surface area contributed by atoms with E-state index in [2.05, 4.69) is 15.6 Å². The fourth-order valence-corrected chi connectivity index (χ4v) is 4.39. The number of esters is 2. The summed E-state index contributed by atoms with van der Waals surface area (Å²) in [6.45, 7) is 3.19. The molecule has 2 amide bonds. The number of ether oxygens (including phenoxy) is 3. The van der Waals surface area contributed by atoms with Crippen molar-refractivity contribution in [2.75, 3.05) is 20.3 Å². The minimum absolute atomic E-state index is 0.125. The predicted octanol–water partition coefficient (Wildman–Crippen LogP) is 3.75. The molecule has 1 aliphatic heterocycles. The van der Waals surface area contributed by atoms with Crippen LogP contribution < -0.4 is 15.4 Å². The molecule has 0 radical (unpaired) electrons. The second kappa shape index (κ2) is 10.4. The van der Waals surface area contributed by atoms with E-state index in [0.29, 0.717) is 27.0 Å². The van der Waals surface area contributed by atoms with Crippen molar-refractivity contribution in [3.8, 4) is 16.5 Å². The molecule has 0 spiro atoms. The number of nitrogens with one attached hydrogen (secondary N) is 2. The van der Waals surface area contributed by atoms with Gasteiger partial charge in [-0.25, -0.2) is 19.4 Å². The smallest absolute Gasteiger partial charge is 0.358 e. The quantitative estimate of drug-likeness (QED) is 0.450. The first-order chi connectivity index (χ1) is 16.9. The first-order valence-electron chi connectivity index (χ1n) is 10.7. The largest absolute Gasteiger partial charge is 0.497 e. The number of aromatic nitrogens is 1. The first-order valence-corrected chi connectivity index (χ1v) is 11.5. The number of furan rings is 1. The number of hydrogen-bond acceptors (Lipinski definition) is 9. The molecule has 10 nitrogen and oxygen atoms in total. The number of carbonyl (C=O) groups excluding carboxylic acids is 3. The van der Waals surface area contributed by atoms with E-state index < -0.39 is 24.0 Å². The predicted molar refractivity (Wildman–Crippen MR) is 126 cm³/mol. The minimum Gasteiger partial charge on any atom is -0.497 e. The van der Waals surface area contributed by atoms with Crippen molar-refractivity contribution in [3.63, 3.8) is 0 Å². The number of rotatable bonds is 8. The van der Waals surface area contributed by atoms with E-state index in [4.69, 9.17) is 18.6 Å². The SMILES string of the molecule is CCOC(=O)C1=C(COC(=O)c2nc(-c3ccco3)sc2C)NC(=O)NC1c1ccc(OC)cc1. The summed E-state index contributed by atoms with van der Waals surface area (Å²) in [5, 5.41) is 5.84. The van der Waals surface area contributed by atoms with Gasteiger partial charge in [0.1, 0.15) is 12.4 Å². The highest BCUT2D eigenvalue weighted by Crippen LogP contribution is 2.30. The molecule has 1 atom stereocenters. The Morgan fingerprint density at radius 2 is 1.91 bits per heavy atom. The molecule has 2 N–H and O–H groups in total. The Morgan fingerprint density at radius 1 is 1.14 bits per heavy atom. The van der Waals surface area contributed by atoms with E-state index in [0.717, 1.165) is 0 Å². The Kier molecular flexibility index (Phi) is 7.16. The molecule has 0 saturated carbocycles. The molecule has 1 aromatic carbocycles. The third-order valence-corrected chi connectivity index (χ3v) is 6.15. The summed E-state index contributed by atoms with van der Waals surface area (Å²) in [5.74, 6) is -0.173. The lowest BCUT2D eigenvalue weighted by Crippen LogP contribution is -2.47. The van der Waals surface area contributed by atoms with E-state index in [9.17, 15) is 14.4 Å². The molecular formula is C24H23N3O7S. The molecule has 0 aliphatic carbocycles. The monoisotopic (exact) mass is 497 g/mol. The van der Waals surface area contributed by atoms with Gasteiger partial charge in [0.25, 0.3) is 0 Å². The zero-order valence-electron chi connectivity index (χ0n) is 19.2. The minimum atomic E-state index is -0.811. The zero-order chi connectivity index (χ0) is 24.9. The van der Waals surface area contributed by atoms with Gasteiger partial charge in [-0.2, -0.15) is 0 Å². The van der Waals surface area contributed by atoms with E-state index in [-0.39, 0.29) is 30.2 Å². The molecule has 4 rings (SSSR count). The van der Waals surface area contributed by atoms with E-state index in [1.807, 2.05) is 0 Å². The lowest BCUT2D eigenvalue weighted by Gasteiger charge is -2.29. The highest BCUT2D eigenvalue weighted by molar-refractivity contribution is 7.15. The topological polar surface area (TPSA) is 129 Å². The zero-order valence-corrected chi connectivity index (χ0v) is 20.1. The van der Waals surface area contributed by atoms with Crippen LogP contribution in [0.25, 0.3) is 10.8 Å². The normalized spacial score (nSPS) is 15.3. The molecule has 35 heavy (non-hydrogen) atoms. The van der Waals surface area contributed by atoms with Gasteiger partial charge in [0.2, 0.25) is 0 Å². The summed E-state index contributed by atoms with van der Waals surface area (Å²) >= 11 is 1.29. The molecular weight excluding hydrogens is 474 g/mol. The summed E-state index contributed by atoms with van der Waals surface area (Å²) in [6, 6.07) is 9.00. The van der Waals surface area contributed by atoms with Crippen LogP contribution in [0.15, 0.2) is 58.3 Å². The number of carbonyl (C=O) groups is 3. The van der Waals surface area contributed by atoms with Gasteiger partial charge in [-0.1, -0.05) is 12.1 Å². The third-order valence-electron chi connectivity index (χ3n) is 5.17. The summed E-state index contributed by atoms with van der Waals surface area (Å²) < 4.78 is 21.2. The summed E-state index contributed by atoms with van der Waals surface area (Å²) in [5.41, 5.74) is 1.02. The molecule has 1 unspecified atom stereocenters. The molecule has 2 aromatic heterocycles. The van der Waals surface area contributed by atoms with Crippen LogP contribution in [-0.4, -0.2) is 43.3 Å². The van der Waals surface area contributed by atoms with Crippen LogP contribution >= 0.6 is 11.3 Å². The number of aryl methyl sites for hydroxylation is 1. The van der Waals surface area contributed by atoms with Gasteiger partial charge in [0.05, 0.1) is 37.3 Å². The van der Waals surface area contributed by atoms with Gasteiger partial charge in [-0.15, -0.1) is 11.3 Å². The van der Waals surface area contributed by atoms with Gasteiger partial charge in [-0.3, -0.25) is 0 Å². The van der Waals surface area contributed by atoms with Crippen molar-refractivity contribution < 1.29 is 33.0 Å². The number of urea groups is 1. The fraction of sp³-hybridized carbons (Fsp3) is 0.250. The summed E-state index contributed by atoms with van der Waals surface area (Å²) in [6.07, 6.45) is 1.52. The number of benzene rings is 1. The Bertz CT molecular complexity index is 1260. The number of amides is 2. The van der Waals surface area contributed by atoms with Crippen molar-refractivity contribution in [2.45, 2.75) is 19.9 Å². The molecule has 3 heterocycles. The van der Waals surface area contributed by atoms with Crippen LogP contribution in [0.4, 0.5) is 4.79 Å². The highest BCUT2D eigenvalue weighted by atomic mass is 32.1. The molecule has 0 fully saturated rings. The number of hydrogen-bond donors (Lipinski definition) is 2. The third kappa shape index (κ3) is 5.19. The lowest BCUT2D eigenvalue weighted by molar-refractivity contribution is -0.139. The Morgan fingerprint density at radius 3 is 2.57 bits per heavy atom. The molecule has 3 aromatic rings. The maximum Gasteiger partial charge on any atom is 0.358 e. The Labute approximate surface area is 204 Å². The second-order valence-corrected chi connectivity index (χ2v) is 8.60. The summed E-state index contributed by atoms with van der Waals surface area (Å²) in [4.78, 5) is 43.1. The maximum absolute atomic E-state index is 12.9. The van der Waals surface area contributed by atoms with Crippen LogP contribution in [0.1, 0.15) is 33.9 Å². The first kappa shape index (κ1) is 24.0. The van der Waals surface area contributed by atoms with E-state index in [1.54, 1.807) is 57.4 Å². The number of thiazole rings is 1. The molecule has 11 heteroatoms. The van der Waals surface area contributed by atoms with Gasteiger partial charge < -0.3 is 29.3 Å². The molecule has 182 valence electrons. The molecule has 0 bridgehead atoms. The van der Waals surface area contributed by atoms with Crippen LogP contribution in [0.5, 0.6) is 5.75 Å². The highest BCUT2D eigenvalue weighted by Gasteiger charge is 2.34. The molecule has 1 aliphatic rings. The van der Waals surface area contributed by atoms with Gasteiger partial charge in [0, 0.05) is 4.88 Å². The maximum atomic E-state index is 12.9. The van der Waals surface area contributed by atoms with Crippen molar-refractivity contribution in [1.82, 2.24) is 15.6 Å². The van der Waals surface area contributed by atoms with Gasteiger partial charge >= 0.3 is 18.0 Å². The lowest BCUT2D eigenvalue weighted by atomic mass is 9.95. The van der Waals surface area contributed by atoms with Gasteiger partial charge in [0.15, 0.2) is 16.5 Å². The Hall–Kier alpha value is -4.12.